The zero-order valence-corrected chi connectivity index (χ0v) is 19.7. The Labute approximate surface area is 184 Å². The average Bonchev–Trinajstić information content (AvgIpc) is 3.01. The first-order valence-electron chi connectivity index (χ1n) is 12.2. The lowest BCUT2D eigenvalue weighted by Crippen LogP contribution is -2.36. The van der Waals surface area contributed by atoms with Crippen molar-refractivity contribution in [2.75, 3.05) is 0 Å². The maximum Gasteiger partial charge on any atom is 0.105 e. The fourth-order valence-electron chi connectivity index (χ4n) is 6.73. The van der Waals surface area contributed by atoms with E-state index in [1.54, 1.807) is 0 Å². The second kappa shape index (κ2) is 9.30. The Morgan fingerprint density at radius 3 is 2.60 bits per heavy atom. The fourth-order valence-corrected chi connectivity index (χ4v) is 6.73. The van der Waals surface area contributed by atoms with Crippen LogP contribution < -0.4 is 0 Å². The standard InChI is InChI=1S/C27H44O3/c1-18-10-15-24(28)25(29)21(18)12-11-20-9-7-17-27(5)22(13-14-23(20)27)19(2)8-6-16-26(3,4)30/h11-12,19,22-25,28-30H,1,6-10,13-17H2,2-5H3/b20-11+,21-12+/t19-,22-,23?,24+,25-,27-/m1/s1. The van der Waals surface area contributed by atoms with Crippen molar-refractivity contribution in [3.8, 4) is 0 Å². The number of aliphatic hydroxyl groups excluding tert-OH is 2. The fraction of sp³-hybridized carbons (Fsp3) is 0.778. The van der Waals surface area contributed by atoms with Gasteiger partial charge in [0.1, 0.15) is 6.10 Å². The van der Waals surface area contributed by atoms with E-state index in [9.17, 15) is 15.3 Å². The summed E-state index contributed by atoms with van der Waals surface area (Å²) in [5.41, 5.74) is 3.12. The van der Waals surface area contributed by atoms with Crippen LogP contribution in [-0.4, -0.2) is 33.1 Å². The Hall–Kier alpha value is -0.900. The summed E-state index contributed by atoms with van der Waals surface area (Å²) in [7, 11) is 0. The number of allylic oxidation sites excluding steroid dienone is 3. The molecule has 3 N–H and O–H groups in total. The zero-order chi connectivity index (χ0) is 22.1. The van der Waals surface area contributed by atoms with E-state index in [1.165, 1.54) is 37.7 Å². The Bertz CT molecular complexity index is 683. The van der Waals surface area contributed by atoms with Gasteiger partial charge in [-0.2, -0.15) is 0 Å². The molecule has 0 aromatic heterocycles. The molecule has 0 aliphatic heterocycles. The molecule has 3 heteroatoms. The number of hydrogen-bond donors (Lipinski definition) is 3. The predicted molar refractivity (Wildman–Crippen MR) is 124 cm³/mol. The molecule has 0 amide bonds. The summed E-state index contributed by atoms with van der Waals surface area (Å²) in [6.45, 7) is 12.9. The van der Waals surface area contributed by atoms with Crippen LogP contribution in [0, 0.1) is 23.2 Å². The Morgan fingerprint density at radius 2 is 1.90 bits per heavy atom. The van der Waals surface area contributed by atoms with Gasteiger partial charge in [-0.15, -0.1) is 0 Å². The van der Waals surface area contributed by atoms with E-state index < -0.39 is 17.8 Å². The van der Waals surface area contributed by atoms with Crippen molar-refractivity contribution < 1.29 is 15.3 Å². The van der Waals surface area contributed by atoms with Crippen molar-refractivity contribution in [2.45, 2.75) is 110 Å². The molecule has 3 nitrogen and oxygen atoms in total. The van der Waals surface area contributed by atoms with Crippen LogP contribution in [0.25, 0.3) is 0 Å². The molecule has 0 heterocycles. The molecular formula is C27H44O3. The molecule has 0 aromatic rings. The average molecular weight is 417 g/mol. The molecule has 0 bridgehead atoms. The highest BCUT2D eigenvalue weighted by atomic mass is 16.3. The lowest BCUT2D eigenvalue weighted by molar-refractivity contribution is 0.0299. The lowest BCUT2D eigenvalue weighted by Gasteiger charge is -2.44. The lowest BCUT2D eigenvalue weighted by atomic mass is 9.60. The van der Waals surface area contributed by atoms with Gasteiger partial charge in [0.2, 0.25) is 0 Å². The molecule has 3 saturated carbocycles. The zero-order valence-electron chi connectivity index (χ0n) is 19.7. The summed E-state index contributed by atoms with van der Waals surface area (Å²) in [6.07, 6.45) is 13.6. The van der Waals surface area contributed by atoms with Crippen LogP contribution in [0.5, 0.6) is 0 Å². The van der Waals surface area contributed by atoms with Crippen LogP contribution in [-0.2, 0) is 0 Å². The van der Waals surface area contributed by atoms with E-state index in [2.05, 4.69) is 32.6 Å². The van der Waals surface area contributed by atoms with Crippen molar-refractivity contribution in [2.24, 2.45) is 23.2 Å². The van der Waals surface area contributed by atoms with E-state index in [-0.39, 0.29) is 0 Å². The van der Waals surface area contributed by atoms with Crippen molar-refractivity contribution in [1.82, 2.24) is 0 Å². The van der Waals surface area contributed by atoms with Crippen molar-refractivity contribution in [3.05, 3.63) is 35.5 Å². The summed E-state index contributed by atoms with van der Waals surface area (Å²) in [5.74, 6) is 2.07. The van der Waals surface area contributed by atoms with Gasteiger partial charge in [-0.05, 0) is 99.5 Å². The first-order valence-corrected chi connectivity index (χ1v) is 12.2. The molecule has 3 aliphatic carbocycles. The Kier molecular flexibility index (Phi) is 7.37. The Balaban J connectivity index is 1.72. The number of hydrogen-bond acceptors (Lipinski definition) is 3. The molecule has 170 valence electrons. The first-order chi connectivity index (χ1) is 14.0. The van der Waals surface area contributed by atoms with E-state index in [4.69, 9.17) is 0 Å². The highest BCUT2D eigenvalue weighted by Crippen LogP contribution is 2.60. The van der Waals surface area contributed by atoms with Crippen LogP contribution in [0.4, 0.5) is 0 Å². The molecule has 6 atom stereocenters. The largest absolute Gasteiger partial charge is 0.390 e. The molecule has 3 aliphatic rings. The van der Waals surface area contributed by atoms with Crippen LogP contribution in [0.3, 0.4) is 0 Å². The van der Waals surface area contributed by atoms with Gasteiger partial charge in [0, 0.05) is 0 Å². The molecule has 3 fully saturated rings. The van der Waals surface area contributed by atoms with Crippen LogP contribution in [0.1, 0.15) is 91.9 Å². The minimum atomic E-state index is -0.801. The number of aliphatic hydroxyl groups is 3. The highest BCUT2D eigenvalue weighted by Gasteiger charge is 2.50. The van der Waals surface area contributed by atoms with E-state index >= 15 is 0 Å². The van der Waals surface area contributed by atoms with Gasteiger partial charge in [-0.25, -0.2) is 0 Å². The smallest absolute Gasteiger partial charge is 0.105 e. The van der Waals surface area contributed by atoms with Gasteiger partial charge < -0.3 is 15.3 Å². The van der Waals surface area contributed by atoms with E-state index in [1.807, 2.05) is 13.8 Å². The van der Waals surface area contributed by atoms with Crippen LogP contribution in [0.15, 0.2) is 35.5 Å². The quantitative estimate of drug-likeness (QED) is 0.520. The first kappa shape index (κ1) is 23.8. The monoisotopic (exact) mass is 416 g/mol. The van der Waals surface area contributed by atoms with Gasteiger partial charge in [0.15, 0.2) is 0 Å². The topological polar surface area (TPSA) is 60.7 Å². The second-order valence-corrected chi connectivity index (χ2v) is 11.3. The maximum atomic E-state index is 10.4. The molecule has 0 spiro atoms. The van der Waals surface area contributed by atoms with Gasteiger partial charge in [-0.3, -0.25) is 0 Å². The molecule has 30 heavy (non-hydrogen) atoms. The van der Waals surface area contributed by atoms with Crippen LogP contribution >= 0.6 is 0 Å². The molecule has 0 saturated heterocycles. The van der Waals surface area contributed by atoms with Crippen molar-refractivity contribution in [3.63, 3.8) is 0 Å². The van der Waals surface area contributed by atoms with Crippen molar-refractivity contribution >= 4 is 0 Å². The SMILES string of the molecule is C=C1CC[C@H](O)[C@H](O)/C1=C/C=C1\CCC[C@@]2(C)C1CC[C@@H]2[C@H](C)CCCC(C)(C)O. The maximum absolute atomic E-state index is 10.4. The van der Waals surface area contributed by atoms with Crippen molar-refractivity contribution in [1.29, 1.82) is 0 Å². The Morgan fingerprint density at radius 1 is 1.17 bits per heavy atom. The number of rotatable bonds is 6. The highest BCUT2D eigenvalue weighted by molar-refractivity contribution is 5.39. The molecule has 0 radical (unpaired) electrons. The third-order valence-electron chi connectivity index (χ3n) is 8.48. The molecule has 3 rings (SSSR count). The van der Waals surface area contributed by atoms with Gasteiger partial charge in [0.05, 0.1) is 11.7 Å². The summed E-state index contributed by atoms with van der Waals surface area (Å²) in [5, 5.41) is 30.5. The summed E-state index contributed by atoms with van der Waals surface area (Å²) < 4.78 is 0. The third kappa shape index (κ3) is 5.11. The second-order valence-electron chi connectivity index (χ2n) is 11.3. The summed E-state index contributed by atoms with van der Waals surface area (Å²) >= 11 is 0. The minimum absolute atomic E-state index is 0.360. The van der Waals surface area contributed by atoms with Gasteiger partial charge in [-0.1, -0.05) is 51.0 Å². The molecular weight excluding hydrogens is 372 g/mol. The molecule has 0 aromatic carbocycles. The van der Waals surface area contributed by atoms with Crippen LogP contribution in [0.2, 0.25) is 0 Å². The van der Waals surface area contributed by atoms with Gasteiger partial charge in [0.25, 0.3) is 0 Å². The van der Waals surface area contributed by atoms with E-state index in [0.717, 1.165) is 42.7 Å². The van der Waals surface area contributed by atoms with Gasteiger partial charge >= 0.3 is 0 Å². The number of fused-ring (bicyclic) bond motifs is 1. The summed E-state index contributed by atoms with van der Waals surface area (Å²) in [6, 6.07) is 0. The summed E-state index contributed by atoms with van der Waals surface area (Å²) in [4.78, 5) is 0. The van der Waals surface area contributed by atoms with E-state index in [0.29, 0.717) is 23.7 Å². The third-order valence-corrected chi connectivity index (χ3v) is 8.48. The predicted octanol–water partition coefficient (Wildman–Crippen LogP) is 5.70. The normalized spacial score (nSPS) is 38.8. The minimum Gasteiger partial charge on any atom is -0.390 e. The molecule has 1 unspecified atom stereocenters.